The van der Waals surface area contributed by atoms with Gasteiger partial charge in [-0.1, -0.05) is 29.3 Å². The van der Waals surface area contributed by atoms with Crippen molar-refractivity contribution in [3.8, 4) is 11.8 Å². The molecule has 1 heterocycles. The molecule has 0 saturated heterocycles. The lowest BCUT2D eigenvalue weighted by Gasteiger charge is -2.12. The molecular formula is C21H14Br2Cl2N2O2. The number of aliphatic imine (C=N–C) groups is 1. The van der Waals surface area contributed by atoms with E-state index in [4.69, 9.17) is 32.4 Å². The number of hydrogen-bond acceptors (Lipinski definition) is 4. The fourth-order valence-electron chi connectivity index (χ4n) is 2.55. The summed E-state index contributed by atoms with van der Waals surface area (Å²) in [6, 6.07) is 11.1. The van der Waals surface area contributed by atoms with Crippen LogP contribution in [0.15, 0.2) is 48.7 Å². The number of nitriles is 1. The predicted octanol–water partition coefficient (Wildman–Crippen LogP) is 7.93. The Hall–Kier alpha value is -1.78. The third-order valence-electron chi connectivity index (χ3n) is 4.22. The zero-order chi connectivity index (χ0) is 21.1. The second-order valence-electron chi connectivity index (χ2n) is 6.17. The van der Waals surface area contributed by atoms with Crippen LogP contribution in [0.1, 0.15) is 28.0 Å². The summed E-state index contributed by atoms with van der Waals surface area (Å²) in [7, 11) is 0. The Morgan fingerprint density at radius 1 is 1.17 bits per heavy atom. The summed E-state index contributed by atoms with van der Waals surface area (Å²) < 4.78 is 13.0. The second kappa shape index (κ2) is 9.36. The summed E-state index contributed by atoms with van der Waals surface area (Å²) in [4.78, 5) is 4.33. The van der Waals surface area contributed by atoms with Crippen LogP contribution in [0, 0.1) is 25.2 Å². The SMILES string of the molecule is Cc1oc(N=Cc2cc(Br)c(OCc3ccc(Cl)cc3Cl)c(Br)c2)c(C#N)c1C. The van der Waals surface area contributed by atoms with Gasteiger partial charge in [-0.2, -0.15) is 5.26 Å². The minimum absolute atomic E-state index is 0.289. The molecule has 0 fully saturated rings. The molecule has 0 aliphatic heterocycles. The molecule has 8 heteroatoms. The molecule has 0 atom stereocenters. The van der Waals surface area contributed by atoms with Gasteiger partial charge in [0.05, 0.1) is 8.95 Å². The highest BCUT2D eigenvalue weighted by Gasteiger charge is 2.14. The zero-order valence-electron chi connectivity index (χ0n) is 15.4. The Morgan fingerprint density at radius 3 is 2.48 bits per heavy atom. The van der Waals surface area contributed by atoms with E-state index in [1.54, 1.807) is 25.3 Å². The van der Waals surface area contributed by atoms with E-state index in [-0.39, 0.29) is 6.61 Å². The Morgan fingerprint density at radius 2 is 1.86 bits per heavy atom. The highest BCUT2D eigenvalue weighted by molar-refractivity contribution is 9.11. The Labute approximate surface area is 195 Å². The quantitative estimate of drug-likeness (QED) is 0.300. The molecule has 3 rings (SSSR count). The Kier molecular flexibility index (Phi) is 7.07. The summed E-state index contributed by atoms with van der Waals surface area (Å²) in [6.07, 6.45) is 1.63. The predicted molar refractivity (Wildman–Crippen MR) is 123 cm³/mol. The standard InChI is InChI=1S/C21H14Br2Cl2N2O2/c1-11-12(2)29-21(16(11)8-26)27-9-13-5-17(22)20(18(23)6-13)28-10-14-3-4-15(24)7-19(14)25/h3-7,9H,10H2,1-2H3. The van der Waals surface area contributed by atoms with E-state index in [2.05, 4.69) is 42.9 Å². The van der Waals surface area contributed by atoms with Gasteiger partial charge in [0.1, 0.15) is 29.7 Å². The molecule has 0 aliphatic carbocycles. The van der Waals surface area contributed by atoms with Crippen LogP contribution in [0.25, 0.3) is 0 Å². The normalized spacial score (nSPS) is 11.1. The number of ether oxygens (including phenoxy) is 1. The average Bonchev–Trinajstić information content (AvgIpc) is 2.94. The topological polar surface area (TPSA) is 58.5 Å². The first-order valence-corrected chi connectivity index (χ1v) is 10.7. The molecule has 29 heavy (non-hydrogen) atoms. The fraction of sp³-hybridized carbons (Fsp3) is 0.143. The molecule has 0 N–H and O–H groups in total. The largest absolute Gasteiger partial charge is 0.486 e. The maximum atomic E-state index is 9.29. The van der Waals surface area contributed by atoms with Crippen LogP contribution >= 0.6 is 55.1 Å². The van der Waals surface area contributed by atoms with Crippen molar-refractivity contribution in [1.82, 2.24) is 0 Å². The van der Waals surface area contributed by atoms with Gasteiger partial charge in [-0.3, -0.25) is 0 Å². The molecule has 0 bridgehead atoms. The smallest absolute Gasteiger partial charge is 0.237 e. The van der Waals surface area contributed by atoms with Crippen LogP contribution < -0.4 is 4.74 Å². The zero-order valence-corrected chi connectivity index (χ0v) is 20.1. The summed E-state index contributed by atoms with van der Waals surface area (Å²) in [5.74, 6) is 1.61. The number of benzene rings is 2. The molecule has 0 spiro atoms. The molecule has 0 amide bonds. The lowest BCUT2D eigenvalue weighted by Crippen LogP contribution is -1.98. The van der Waals surface area contributed by atoms with Gasteiger partial charge < -0.3 is 9.15 Å². The van der Waals surface area contributed by atoms with E-state index in [0.717, 1.165) is 25.6 Å². The van der Waals surface area contributed by atoms with E-state index < -0.39 is 0 Å². The number of halogens is 4. The van der Waals surface area contributed by atoms with Crippen molar-refractivity contribution >= 4 is 67.2 Å². The van der Waals surface area contributed by atoms with Crippen LogP contribution in [0.4, 0.5) is 5.88 Å². The minimum Gasteiger partial charge on any atom is -0.486 e. The monoisotopic (exact) mass is 554 g/mol. The van der Waals surface area contributed by atoms with Gasteiger partial charge in [-0.05, 0) is 75.5 Å². The van der Waals surface area contributed by atoms with Crippen LogP contribution in [0.5, 0.6) is 5.75 Å². The van der Waals surface area contributed by atoms with Gasteiger partial charge in [-0.15, -0.1) is 0 Å². The van der Waals surface area contributed by atoms with Crippen LogP contribution in [-0.2, 0) is 6.61 Å². The minimum atomic E-state index is 0.289. The van der Waals surface area contributed by atoms with Gasteiger partial charge in [-0.25, -0.2) is 4.99 Å². The van der Waals surface area contributed by atoms with Crippen molar-refractivity contribution in [3.05, 3.63) is 77.3 Å². The molecule has 1 aromatic heterocycles. The molecular weight excluding hydrogens is 543 g/mol. The van der Waals surface area contributed by atoms with Crippen LogP contribution in [0.2, 0.25) is 10.0 Å². The number of furan rings is 1. The lowest BCUT2D eigenvalue weighted by molar-refractivity contribution is 0.302. The fourth-order valence-corrected chi connectivity index (χ4v) is 4.46. The van der Waals surface area contributed by atoms with Crippen molar-refractivity contribution in [2.45, 2.75) is 20.5 Å². The molecule has 3 aromatic rings. The van der Waals surface area contributed by atoms with Gasteiger partial charge >= 0.3 is 0 Å². The van der Waals surface area contributed by atoms with Crippen molar-refractivity contribution in [1.29, 1.82) is 5.26 Å². The lowest BCUT2D eigenvalue weighted by atomic mass is 10.2. The first kappa shape index (κ1) is 21.9. The molecule has 0 aliphatic rings. The van der Waals surface area contributed by atoms with Crippen molar-refractivity contribution in [2.24, 2.45) is 4.99 Å². The van der Waals surface area contributed by atoms with E-state index in [1.807, 2.05) is 25.1 Å². The number of rotatable bonds is 5. The number of nitrogens with zero attached hydrogens (tertiary/aromatic N) is 2. The summed E-state index contributed by atoms with van der Waals surface area (Å²) in [5.41, 5.74) is 2.87. The summed E-state index contributed by atoms with van der Waals surface area (Å²) in [5, 5.41) is 10.4. The molecule has 2 aromatic carbocycles. The maximum absolute atomic E-state index is 9.29. The number of aryl methyl sites for hydroxylation is 1. The third-order valence-corrected chi connectivity index (χ3v) is 5.98. The third kappa shape index (κ3) is 5.04. The molecule has 0 saturated carbocycles. The van der Waals surface area contributed by atoms with E-state index in [1.165, 1.54) is 0 Å². The molecule has 0 unspecified atom stereocenters. The molecule has 148 valence electrons. The van der Waals surface area contributed by atoms with E-state index in [9.17, 15) is 5.26 Å². The van der Waals surface area contributed by atoms with Crippen LogP contribution in [-0.4, -0.2) is 6.21 Å². The highest BCUT2D eigenvalue weighted by atomic mass is 79.9. The van der Waals surface area contributed by atoms with Gasteiger partial charge in [0.15, 0.2) is 0 Å². The van der Waals surface area contributed by atoms with E-state index >= 15 is 0 Å². The van der Waals surface area contributed by atoms with Crippen molar-refractivity contribution in [3.63, 3.8) is 0 Å². The second-order valence-corrected chi connectivity index (χ2v) is 8.72. The maximum Gasteiger partial charge on any atom is 0.237 e. The first-order valence-electron chi connectivity index (χ1n) is 8.40. The van der Waals surface area contributed by atoms with Crippen molar-refractivity contribution in [2.75, 3.05) is 0 Å². The average molecular weight is 557 g/mol. The molecule has 0 radical (unpaired) electrons. The van der Waals surface area contributed by atoms with E-state index in [0.29, 0.717) is 33.0 Å². The summed E-state index contributed by atoms with van der Waals surface area (Å²) >= 11 is 19.2. The summed E-state index contributed by atoms with van der Waals surface area (Å²) in [6.45, 7) is 3.93. The molecule has 4 nitrogen and oxygen atoms in total. The van der Waals surface area contributed by atoms with Gasteiger partial charge in [0.25, 0.3) is 0 Å². The van der Waals surface area contributed by atoms with Gasteiger partial charge in [0.2, 0.25) is 5.88 Å². The Balaban J connectivity index is 1.81. The van der Waals surface area contributed by atoms with Gasteiger partial charge in [0, 0.05) is 27.4 Å². The van der Waals surface area contributed by atoms with Crippen LogP contribution in [0.3, 0.4) is 0 Å². The number of hydrogen-bond donors (Lipinski definition) is 0. The Bertz CT molecular complexity index is 1130. The first-order chi connectivity index (χ1) is 13.8. The highest BCUT2D eigenvalue weighted by Crippen LogP contribution is 2.36. The van der Waals surface area contributed by atoms with Crippen molar-refractivity contribution < 1.29 is 9.15 Å².